The molecule has 4 rings (SSSR count). The van der Waals surface area contributed by atoms with E-state index in [2.05, 4.69) is 27.8 Å². The smallest absolute Gasteiger partial charge is 0.262 e. The quantitative estimate of drug-likeness (QED) is 0.193. The molecule has 8 heteroatoms. The lowest BCUT2D eigenvalue weighted by Crippen LogP contribution is -2.23. The van der Waals surface area contributed by atoms with Crippen molar-refractivity contribution in [2.45, 2.75) is 50.1 Å². The molecule has 0 aliphatic rings. The second kappa shape index (κ2) is 9.78. The van der Waals surface area contributed by atoms with Gasteiger partial charge in [0.25, 0.3) is 11.1 Å². The van der Waals surface area contributed by atoms with Crippen LogP contribution >= 0.6 is 27.7 Å². The number of hydrogen-bond donors (Lipinski definition) is 0. The van der Waals surface area contributed by atoms with E-state index in [4.69, 9.17) is 4.98 Å². The first-order valence-electron chi connectivity index (χ1n) is 10.4. The van der Waals surface area contributed by atoms with E-state index in [1.54, 1.807) is 16.8 Å². The molecule has 0 radical (unpaired) electrons. The second-order valence-electron chi connectivity index (χ2n) is 7.38. The second-order valence-corrected chi connectivity index (χ2v) is 9.24. The Morgan fingerprint density at radius 2 is 1.87 bits per heavy atom. The van der Waals surface area contributed by atoms with Gasteiger partial charge in [-0.25, -0.2) is 9.97 Å². The lowest BCUT2D eigenvalue weighted by atomic mass is 10.2. The highest BCUT2D eigenvalue weighted by Crippen LogP contribution is 2.22. The number of halogens is 1. The monoisotopic (exact) mass is 498 g/mol. The van der Waals surface area contributed by atoms with Crippen molar-refractivity contribution >= 4 is 44.2 Å². The highest BCUT2D eigenvalue weighted by Gasteiger charge is 2.12. The number of unbranched alkanes of at least 4 members (excludes halogenated alkanes) is 3. The molecule has 6 nitrogen and oxygen atoms in total. The van der Waals surface area contributed by atoms with Gasteiger partial charge in [-0.1, -0.05) is 50.1 Å². The number of hydrogen-bond acceptors (Lipinski definition) is 5. The maximum absolute atomic E-state index is 13.1. The molecule has 160 valence electrons. The largest absolute Gasteiger partial charge is 0.287 e. The van der Waals surface area contributed by atoms with Crippen LogP contribution in [0.25, 0.3) is 16.6 Å². The maximum Gasteiger partial charge on any atom is 0.262 e. The minimum atomic E-state index is -0.134. The fraction of sp³-hybridized carbons (Fsp3) is 0.304. The van der Waals surface area contributed by atoms with E-state index in [0.29, 0.717) is 39.7 Å². The summed E-state index contributed by atoms with van der Waals surface area (Å²) < 4.78 is 4.10. The molecule has 31 heavy (non-hydrogen) atoms. The zero-order valence-corrected chi connectivity index (χ0v) is 19.7. The van der Waals surface area contributed by atoms with Crippen LogP contribution < -0.4 is 11.1 Å². The van der Waals surface area contributed by atoms with Crippen LogP contribution in [0, 0.1) is 0 Å². The highest BCUT2D eigenvalue weighted by atomic mass is 79.9. The Labute approximate surface area is 192 Å². The predicted octanol–water partition coefficient (Wildman–Crippen LogP) is 5.04. The Balaban J connectivity index is 1.65. The molecule has 0 amide bonds. The molecule has 1 aromatic carbocycles. The zero-order chi connectivity index (χ0) is 21.8. The maximum atomic E-state index is 13.1. The first kappa shape index (κ1) is 21.8. The lowest BCUT2D eigenvalue weighted by molar-refractivity contribution is 0.531. The molecule has 0 spiro atoms. The Bertz CT molecular complexity index is 1350. The summed E-state index contributed by atoms with van der Waals surface area (Å²) in [6.45, 7) is 2.81. The van der Waals surface area contributed by atoms with Crippen molar-refractivity contribution < 1.29 is 0 Å². The summed E-state index contributed by atoms with van der Waals surface area (Å²) in [4.78, 5) is 35.0. The molecule has 0 aliphatic heterocycles. The minimum Gasteiger partial charge on any atom is -0.287 e. The third-order valence-electron chi connectivity index (χ3n) is 5.09. The van der Waals surface area contributed by atoms with Crippen LogP contribution in [0.15, 0.2) is 67.9 Å². The molecule has 0 saturated carbocycles. The third kappa shape index (κ3) is 4.91. The van der Waals surface area contributed by atoms with E-state index < -0.39 is 0 Å². The molecule has 0 N–H and O–H groups in total. The van der Waals surface area contributed by atoms with E-state index >= 15 is 0 Å². The Morgan fingerprint density at radius 1 is 1.03 bits per heavy atom. The van der Waals surface area contributed by atoms with Gasteiger partial charge < -0.3 is 0 Å². The summed E-state index contributed by atoms with van der Waals surface area (Å²) >= 11 is 4.82. The number of nitrogens with zero attached hydrogens (tertiary/aromatic N) is 4. The molecular weight excluding hydrogens is 476 g/mol. The van der Waals surface area contributed by atoms with Gasteiger partial charge in [0, 0.05) is 29.0 Å². The van der Waals surface area contributed by atoms with Crippen LogP contribution in [0.5, 0.6) is 0 Å². The van der Waals surface area contributed by atoms with Crippen LogP contribution in [0.4, 0.5) is 0 Å². The van der Waals surface area contributed by atoms with Crippen LogP contribution in [0.3, 0.4) is 0 Å². The average Bonchev–Trinajstić information content (AvgIpc) is 2.77. The SMILES string of the molecule is CCCCCCn1c(SCc2cc(=O)n3cc(Br)ccc3n2)nc2ccccc2c1=O. The van der Waals surface area contributed by atoms with Crippen molar-refractivity contribution in [1.29, 1.82) is 0 Å². The predicted molar refractivity (Wildman–Crippen MR) is 129 cm³/mol. The lowest BCUT2D eigenvalue weighted by Gasteiger charge is -2.13. The van der Waals surface area contributed by atoms with Crippen LogP contribution in [0.1, 0.15) is 38.3 Å². The van der Waals surface area contributed by atoms with Crippen molar-refractivity contribution in [2.24, 2.45) is 0 Å². The summed E-state index contributed by atoms with van der Waals surface area (Å²) in [5.74, 6) is 0.460. The molecule has 3 aromatic heterocycles. The minimum absolute atomic E-state index is 0.0130. The molecule has 4 aromatic rings. The number of rotatable bonds is 8. The topological polar surface area (TPSA) is 69.3 Å². The van der Waals surface area contributed by atoms with Gasteiger partial charge >= 0.3 is 0 Å². The van der Waals surface area contributed by atoms with Gasteiger partial charge in [-0.05, 0) is 46.6 Å². The van der Waals surface area contributed by atoms with E-state index in [1.165, 1.54) is 22.2 Å². The van der Waals surface area contributed by atoms with Gasteiger partial charge in [0.1, 0.15) is 5.65 Å². The van der Waals surface area contributed by atoms with E-state index in [-0.39, 0.29) is 11.1 Å². The highest BCUT2D eigenvalue weighted by molar-refractivity contribution is 9.10. The standard InChI is InChI=1S/C23H23BrN4O2S/c1-2-3-4-7-12-27-22(30)18-8-5-6-9-19(18)26-23(27)31-15-17-13-21(29)28-14-16(24)10-11-20(28)25-17/h5-6,8-11,13-14H,2-4,7,12,15H2,1H3. The van der Waals surface area contributed by atoms with Gasteiger partial charge in [-0.3, -0.25) is 18.6 Å². The number of fused-ring (bicyclic) bond motifs is 2. The number of pyridine rings is 1. The molecule has 0 aliphatic carbocycles. The number of benzene rings is 1. The number of para-hydroxylation sites is 1. The van der Waals surface area contributed by atoms with Gasteiger partial charge in [-0.2, -0.15) is 0 Å². The van der Waals surface area contributed by atoms with Crippen molar-refractivity contribution in [3.8, 4) is 0 Å². The molecule has 3 heterocycles. The zero-order valence-electron chi connectivity index (χ0n) is 17.3. The first-order valence-corrected chi connectivity index (χ1v) is 12.1. The Morgan fingerprint density at radius 3 is 2.71 bits per heavy atom. The van der Waals surface area contributed by atoms with E-state index in [0.717, 1.165) is 30.2 Å². The van der Waals surface area contributed by atoms with E-state index in [9.17, 15) is 9.59 Å². The first-order chi connectivity index (χ1) is 15.1. The molecule has 0 bridgehead atoms. The van der Waals surface area contributed by atoms with Crippen molar-refractivity contribution in [1.82, 2.24) is 18.9 Å². The number of aromatic nitrogens is 4. The van der Waals surface area contributed by atoms with Crippen molar-refractivity contribution in [2.75, 3.05) is 0 Å². The molecule has 0 saturated heterocycles. The summed E-state index contributed by atoms with van der Waals surface area (Å²) in [5, 5.41) is 1.30. The molecular formula is C23H23BrN4O2S. The summed E-state index contributed by atoms with van der Waals surface area (Å²) in [5.41, 5.74) is 1.80. The summed E-state index contributed by atoms with van der Waals surface area (Å²) in [7, 11) is 0. The summed E-state index contributed by atoms with van der Waals surface area (Å²) in [6.07, 6.45) is 6.02. The number of thioether (sulfide) groups is 1. The molecule has 0 fully saturated rings. The Hall–Kier alpha value is -2.45. The van der Waals surface area contributed by atoms with Gasteiger partial charge in [-0.15, -0.1) is 0 Å². The van der Waals surface area contributed by atoms with Crippen molar-refractivity contribution in [3.05, 3.63) is 79.5 Å². The van der Waals surface area contributed by atoms with Crippen molar-refractivity contribution in [3.63, 3.8) is 0 Å². The Kier molecular flexibility index (Phi) is 6.87. The van der Waals surface area contributed by atoms with Gasteiger partial charge in [0.2, 0.25) is 0 Å². The fourth-order valence-corrected chi connectivity index (χ4v) is 4.74. The van der Waals surface area contributed by atoms with Crippen LogP contribution in [0.2, 0.25) is 0 Å². The fourth-order valence-electron chi connectivity index (χ4n) is 3.49. The summed E-state index contributed by atoms with van der Waals surface area (Å²) in [6, 6.07) is 12.6. The van der Waals surface area contributed by atoms with Crippen LogP contribution in [-0.2, 0) is 12.3 Å². The molecule has 0 atom stereocenters. The normalized spacial score (nSPS) is 11.4. The molecule has 0 unspecified atom stereocenters. The average molecular weight is 499 g/mol. The third-order valence-corrected chi connectivity index (χ3v) is 6.57. The van der Waals surface area contributed by atoms with Crippen LogP contribution in [-0.4, -0.2) is 18.9 Å². The van der Waals surface area contributed by atoms with E-state index in [1.807, 2.05) is 30.3 Å². The van der Waals surface area contributed by atoms with Gasteiger partial charge in [0.15, 0.2) is 5.16 Å². The van der Waals surface area contributed by atoms with Gasteiger partial charge in [0.05, 0.1) is 16.6 Å².